The van der Waals surface area contributed by atoms with Gasteiger partial charge in [-0.15, -0.1) is 11.8 Å². The standard InChI is InChI=1S/C45H49N7O16S/c1-25-39-38(26(2)53)42(56)49(39)40(43(57)66-22-27-3-9-31(10-4-27)50(60)61)41(25)69-34-17-35(48(21-34)45(59)68-24-29-7-13-33(14-8-29)52(64)65)36(54)18-37(55)47-16-15-30(20-47)19-46-44(58)67-23-28-5-11-32(12-6-28)51(62)63/h3-14,25-26,30,34-36,38-39,53-54H,15-24H2,1-2H3,(H,46,58)/t25-,26-,30-,34+,35+,36?,38-,39-/m1/s1. The van der Waals surface area contributed by atoms with Gasteiger partial charge in [0.15, 0.2) is 0 Å². The van der Waals surface area contributed by atoms with Crippen LogP contribution in [0.25, 0.3) is 0 Å². The third-order valence-electron chi connectivity index (χ3n) is 12.7. The average Bonchev–Trinajstić information content (AvgIpc) is 4.04. The van der Waals surface area contributed by atoms with E-state index in [-0.39, 0.29) is 81.0 Å². The molecule has 1 unspecified atom stereocenters. The predicted molar refractivity (Wildman–Crippen MR) is 241 cm³/mol. The minimum absolute atomic E-state index is 0.0305. The number of aliphatic hydroxyl groups excluding tert-OH is 2. The second-order valence-electron chi connectivity index (χ2n) is 17.3. The summed E-state index contributed by atoms with van der Waals surface area (Å²) in [5, 5.41) is 57.7. The molecule has 4 aliphatic heterocycles. The Morgan fingerprint density at radius 3 is 1.84 bits per heavy atom. The van der Waals surface area contributed by atoms with Crippen LogP contribution in [0.5, 0.6) is 0 Å². The number of nitrogens with zero attached hydrogens (tertiary/aromatic N) is 6. The number of fused-ring (bicyclic) bond motifs is 1. The van der Waals surface area contributed by atoms with Crippen LogP contribution in [-0.2, 0) is 48.4 Å². The van der Waals surface area contributed by atoms with E-state index < -0.39 is 86.1 Å². The van der Waals surface area contributed by atoms with E-state index in [9.17, 15) is 64.5 Å². The molecule has 23 nitrogen and oxygen atoms in total. The number of nitro groups is 3. The van der Waals surface area contributed by atoms with Gasteiger partial charge < -0.3 is 44.4 Å². The molecule has 7 rings (SSSR count). The van der Waals surface area contributed by atoms with Crippen molar-refractivity contribution in [2.24, 2.45) is 17.8 Å². The number of likely N-dealkylation sites (tertiary alicyclic amines) is 2. The number of non-ortho nitro benzene ring substituents is 3. The molecular weight excluding hydrogens is 927 g/mol. The van der Waals surface area contributed by atoms with Gasteiger partial charge in [-0.1, -0.05) is 6.92 Å². The minimum atomic E-state index is -1.40. The van der Waals surface area contributed by atoms with Crippen molar-refractivity contribution in [3.05, 3.63) is 130 Å². The molecule has 8 atom stereocenters. The first kappa shape index (κ1) is 49.7. The molecule has 0 spiro atoms. The van der Waals surface area contributed by atoms with Crippen LogP contribution in [0, 0.1) is 48.1 Å². The number of rotatable bonds is 18. The van der Waals surface area contributed by atoms with Gasteiger partial charge >= 0.3 is 18.2 Å². The molecule has 0 radical (unpaired) electrons. The van der Waals surface area contributed by atoms with Gasteiger partial charge in [0.25, 0.3) is 17.1 Å². The first-order chi connectivity index (χ1) is 32.9. The van der Waals surface area contributed by atoms with Crippen molar-refractivity contribution in [2.75, 3.05) is 26.2 Å². The number of nitrogens with one attached hydrogen (secondary N) is 1. The predicted octanol–water partition coefficient (Wildman–Crippen LogP) is 4.56. The highest BCUT2D eigenvalue weighted by molar-refractivity contribution is 8.03. The summed E-state index contributed by atoms with van der Waals surface area (Å²) >= 11 is 1.21. The lowest BCUT2D eigenvalue weighted by molar-refractivity contribution is -0.385. The fourth-order valence-corrected chi connectivity index (χ4v) is 10.6. The second kappa shape index (κ2) is 21.4. The molecule has 0 bridgehead atoms. The molecule has 3 aromatic carbocycles. The number of esters is 1. The highest BCUT2D eigenvalue weighted by atomic mass is 32.2. The maximum atomic E-state index is 13.9. The summed E-state index contributed by atoms with van der Waals surface area (Å²) in [6.45, 7) is 3.38. The maximum Gasteiger partial charge on any atom is 0.410 e. The van der Waals surface area contributed by atoms with Gasteiger partial charge in [0.05, 0.1) is 51.4 Å². The normalized spacial score (nSPS) is 22.6. The summed E-state index contributed by atoms with van der Waals surface area (Å²) in [7, 11) is 0. The van der Waals surface area contributed by atoms with Crippen molar-refractivity contribution in [2.45, 2.75) is 82.5 Å². The molecule has 4 amide bonds. The Kier molecular flexibility index (Phi) is 15.4. The Balaban J connectivity index is 1.02. The van der Waals surface area contributed by atoms with E-state index in [1.54, 1.807) is 11.8 Å². The number of alkyl carbamates (subject to hydrolysis) is 1. The number of β-lactam (4-membered cyclic amide) rings is 1. The molecule has 366 valence electrons. The molecule has 3 aromatic rings. The summed E-state index contributed by atoms with van der Waals surface area (Å²) < 4.78 is 16.5. The van der Waals surface area contributed by atoms with Crippen LogP contribution in [0.2, 0.25) is 0 Å². The van der Waals surface area contributed by atoms with E-state index in [0.717, 1.165) is 0 Å². The molecule has 69 heavy (non-hydrogen) atoms. The maximum absolute atomic E-state index is 13.9. The van der Waals surface area contributed by atoms with Crippen LogP contribution in [0.1, 0.15) is 49.8 Å². The monoisotopic (exact) mass is 975 g/mol. The zero-order valence-corrected chi connectivity index (χ0v) is 38.1. The van der Waals surface area contributed by atoms with E-state index in [4.69, 9.17) is 14.2 Å². The van der Waals surface area contributed by atoms with Gasteiger partial charge in [0, 0.05) is 78.7 Å². The topological polar surface area (TPSA) is 305 Å². The SMILES string of the molecule is C[C@@H](O)[C@H]1C(=O)N2C(C(=O)OCc3ccc([N+](=O)[O-])cc3)=C(S[C@H]3C[C@@H](C(O)CC(=O)N4CC[C@H](CNC(=O)OCc5ccc([N+](=O)[O-])cc5)C4)N(C(=O)OCc4ccc([N+](=O)[O-])cc4)C3)[C@H](C)[C@H]12. The summed E-state index contributed by atoms with van der Waals surface area (Å²) in [6.07, 6.45) is -3.72. The Hall–Kier alpha value is -7.18. The fourth-order valence-electron chi connectivity index (χ4n) is 9.02. The fraction of sp³-hybridized carbons (Fsp3) is 0.444. The van der Waals surface area contributed by atoms with Crippen molar-refractivity contribution in [3.63, 3.8) is 0 Å². The Labute approximate surface area is 397 Å². The number of carbonyl (C=O) groups is 5. The molecule has 3 saturated heterocycles. The van der Waals surface area contributed by atoms with Gasteiger partial charge in [-0.25, -0.2) is 14.4 Å². The summed E-state index contributed by atoms with van der Waals surface area (Å²) in [5.74, 6) is -3.15. The number of thioether (sulfide) groups is 1. The van der Waals surface area contributed by atoms with Crippen molar-refractivity contribution in [3.8, 4) is 0 Å². The van der Waals surface area contributed by atoms with E-state index in [0.29, 0.717) is 34.6 Å². The lowest BCUT2D eigenvalue weighted by atomic mass is 9.79. The third-order valence-corrected chi connectivity index (χ3v) is 14.2. The van der Waals surface area contributed by atoms with Crippen LogP contribution in [-0.4, -0.2) is 125 Å². The summed E-state index contributed by atoms with van der Waals surface area (Å²) in [5.41, 5.74) is 1.00. The smallest absolute Gasteiger partial charge is 0.410 e. The molecule has 0 aliphatic carbocycles. The number of aliphatic hydroxyl groups is 2. The number of carbonyl (C=O) groups excluding carboxylic acids is 5. The minimum Gasteiger partial charge on any atom is -0.456 e. The van der Waals surface area contributed by atoms with Crippen LogP contribution in [0.3, 0.4) is 0 Å². The largest absolute Gasteiger partial charge is 0.456 e. The molecular formula is C45H49N7O16S. The Morgan fingerprint density at radius 1 is 0.797 bits per heavy atom. The van der Waals surface area contributed by atoms with Crippen LogP contribution >= 0.6 is 11.8 Å². The average molecular weight is 976 g/mol. The third kappa shape index (κ3) is 11.4. The molecule has 24 heteroatoms. The van der Waals surface area contributed by atoms with Gasteiger partial charge in [0.1, 0.15) is 25.5 Å². The van der Waals surface area contributed by atoms with Crippen molar-refractivity contribution in [1.29, 1.82) is 0 Å². The quantitative estimate of drug-likeness (QED) is 0.0517. The van der Waals surface area contributed by atoms with Gasteiger partial charge in [-0.05, 0) is 78.8 Å². The number of benzene rings is 3. The molecule has 4 aliphatic rings. The Morgan fingerprint density at radius 2 is 1.32 bits per heavy atom. The van der Waals surface area contributed by atoms with E-state index in [2.05, 4.69) is 5.32 Å². The van der Waals surface area contributed by atoms with Crippen molar-refractivity contribution < 1.29 is 63.2 Å². The van der Waals surface area contributed by atoms with Gasteiger partial charge in [-0.3, -0.25) is 39.9 Å². The van der Waals surface area contributed by atoms with Crippen molar-refractivity contribution >= 4 is 58.8 Å². The highest BCUT2D eigenvalue weighted by Crippen LogP contribution is 2.52. The molecule has 0 saturated carbocycles. The highest BCUT2D eigenvalue weighted by Gasteiger charge is 2.60. The van der Waals surface area contributed by atoms with Crippen LogP contribution in [0.4, 0.5) is 26.7 Å². The number of hydrogen-bond donors (Lipinski definition) is 3. The van der Waals surface area contributed by atoms with Crippen LogP contribution in [0.15, 0.2) is 83.4 Å². The Bertz CT molecular complexity index is 2510. The van der Waals surface area contributed by atoms with E-state index in [1.807, 2.05) is 0 Å². The second-order valence-corrected chi connectivity index (χ2v) is 18.6. The summed E-state index contributed by atoms with van der Waals surface area (Å²) in [4.78, 5) is 103. The molecule has 0 aromatic heterocycles. The molecule has 4 heterocycles. The molecule has 3 fully saturated rings. The lowest BCUT2D eigenvalue weighted by Gasteiger charge is -2.46. The molecule has 3 N–H and O–H groups in total. The summed E-state index contributed by atoms with van der Waals surface area (Å²) in [6, 6.07) is 14.8. The zero-order valence-electron chi connectivity index (χ0n) is 37.3. The van der Waals surface area contributed by atoms with Crippen LogP contribution < -0.4 is 5.32 Å². The number of amides is 4. The van der Waals surface area contributed by atoms with Crippen molar-refractivity contribution in [1.82, 2.24) is 20.0 Å². The van der Waals surface area contributed by atoms with Gasteiger partial charge in [-0.2, -0.15) is 0 Å². The van der Waals surface area contributed by atoms with E-state index >= 15 is 0 Å². The zero-order chi connectivity index (χ0) is 49.7. The van der Waals surface area contributed by atoms with E-state index in [1.165, 1.54) is 101 Å². The number of ether oxygens (including phenoxy) is 3. The lowest BCUT2D eigenvalue weighted by Crippen LogP contribution is -2.63. The number of hydrogen-bond acceptors (Lipinski definition) is 17. The first-order valence-electron chi connectivity index (χ1n) is 22.0. The number of nitro benzene ring substituents is 3. The first-order valence-corrected chi connectivity index (χ1v) is 22.9. The van der Waals surface area contributed by atoms with Gasteiger partial charge in [0.2, 0.25) is 11.8 Å².